The predicted molar refractivity (Wildman–Crippen MR) is 96.4 cm³/mol. The van der Waals surface area contributed by atoms with Gasteiger partial charge < -0.3 is 24.1 Å². The highest BCUT2D eigenvalue weighted by Gasteiger charge is 2.54. The summed E-state index contributed by atoms with van der Waals surface area (Å²) in [6.45, 7) is 3.60. The van der Waals surface area contributed by atoms with E-state index in [9.17, 15) is 18.7 Å². The zero-order valence-corrected chi connectivity index (χ0v) is 16.5. The number of carboxylic acid groups (broad SMARTS) is 1. The van der Waals surface area contributed by atoms with Crippen molar-refractivity contribution in [2.45, 2.75) is 50.1 Å². The van der Waals surface area contributed by atoms with E-state index in [0.717, 1.165) is 12.1 Å². The number of nitrogens with zero attached hydrogens (tertiary/aromatic N) is 3. The molecule has 1 aromatic heterocycles. The lowest BCUT2D eigenvalue weighted by Gasteiger charge is -2.50. The van der Waals surface area contributed by atoms with Crippen LogP contribution in [-0.4, -0.2) is 70.0 Å². The van der Waals surface area contributed by atoms with Crippen molar-refractivity contribution >= 4 is 5.97 Å². The molecule has 2 aliphatic heterocycles. The van der Waals surface area contributed by atoms with E-state index < -0.39 is 53.8 Å². The number of ether oxygens (including phenoxy) is 4. The predicted octanol–water partition coefficient (Wildman–Crippen LogP) is 1.78. The van der Waals surface area contributed by atoms with Crippen LogP contribution in [0.15, 0.2) is 24.4 Å². The molecule has 0 aliphatic carbocycles. The topological polar surface area (TPSA) is 105 Å². The molecule has 2 aromatic rings. The van der Waals surface area contributed by atoms with Gasteiger partial charge in [-0.05, 0) is 32.0 Å². The van der Waals surface area contributed by atoms with Crippen LogP contribution in [-0.2, 0) is 23.7 Å². The second-order valence-electron chi connectivity index (χ2n) is 7.63. The standard InChI is InChI=1S/C19H21F2N3O6/c1-19(2)28-8-13-15(30-19)14(16(27-3)17(29-13)18(25)26)24-7-12(22-23-24)9-4-5-10(20)11(21)6-9/h4-7,13-17H,8H2,1-3H3,(H,25,26)/t13-,14+,15+,16-,17-/m1/s1. The molecule has 0 spiro atoms. The second kappa shape index (κ2) is 7.65. The fraction of sp³-hybridized carbons (Fsp3) is 0.526. The fourth-order valence-electron chi connectivity index (χ4n) is 3.83. The minimum absolute atomic E-state index is 0.124. The molecule has 0 radical (unpaired) electrons. The maximum Gasteiger partial charge on any atom is 0.335 e. The normalized spacial score (nSPS) is 30.6. The van der Waals surface area contributed by atoms with E-state index >= 15 is 0 Å². The van der Waals surface area contributed by atoms with E-state index in [2.05, 4.69) is 10.3 Å². The Labute approximate surface area is 170 Å². The minimum atomic E-state index is -1.29. The van der Waals surface area contributed by atoms with Gasteiger partial charge in [0.05, 0.1) is 12.8 Å². The van der Waals surface area contributed by atoms with Crippen LogP contribution in [0.3, 0.4) is 0 Å². The molecule has 5 atom stereocenters. The molecule has 0 bridgehead atoms. The molecule has 11 heteroatoms. The lowest BCUT2D eigenvalue weighted by Crippen LogP contribution is -2.64. The van der Waals surface area contributed by atoms with E-state index in [0.29, 0.717) is 5.56 Å². The lowest BCUT2D eigenvalue weighted by atomic mass is 9.91. The zero-order valence-electron chi connectivity index (χ0n) is 16.5. The van der Waals surface area contributed by atoms with Gasteiger partial charge in [0.15, 0.2) is 23.5 Å². The van der Waals surface area contributed by atoms with Crippen LogP contribution >= 0.6 is 0 Å². The van der Waals surface area contributed by atoms with Crippen molar-refractivity contribution < 1.29 is 37.6 Å². The largest absolute Gasteiger partial charge is 0.479 e. The minimum Gasteiger partial charge on any atom is -0.479 e. The number of carboxylic acids is 1. The summed E-state index contributed by atoms with van der Waals surface area (Å²) in [5.74, 6) is -4.11. The third-order valence-corrected chi connectivity index (χ3v) is 5.22. The molecule has 0 unspecified atom stereocenters. The third kappa shape index (κ3) is 3.69. The van der Waals surface area contributed by atoms with Crippen molar-refractivity contribution in [3.63, 3.8) is 0 Å². The molecule has 2 aliphatic rings. The van der Waals surface area contributed by atoms with Gasteiger partial charge in [0, 0.05) is 12.7 Å². The van der Waals surface area contributed by atoms with Crippen molar-refractivity contribution in [3.8, 4) is 11.3 Å². The maximum atomic E-state index is 13.6. The van der Waals surface area contributed by atoms with E-state index in [-0.39, 0.29) is 12.3 Å². The van der Waals surface area contributed by atoms with Crippen LogP contribution in [0.5, 0.6) is 0 Å². The Balaban J connectivity index is 1.73. The molecule has 30 heavy (non-hydrogen) atoms. The molecule has 2 saturated heterocycles. The summed E-state index contributed by atoms with van der Waals surface area (Å²) in [6, 6.07) is 2.67. The average Bonchev–Trinajstić information content (AvgIpc) is 3.17. The van der Waals surface area contributed by atoms with Gasteiger partial charge in [-0.15, -0.1) is 5.10 Å². The number of halogens is 2. The number of benzene rings is 1. The molecule has 162 valence electrons. The molecule has 1 aromatic carbocycles. The number of methoxy groups -OCH3 is 1. The SMILES string of the molecule is CO[C@@H]1[C@@H](n2cc(-c3ccc(F)c(F)c3)nn2)[C@H]2OC(C)(C)OC[C@H]2O[C@H]1C(=O)O. The molecular formula is C19H21F2N3O6. The Morgan fingerprint density at radius 3 is 2.77 bits per heavy atom. The van der Waals surface area contributed by atoms with Crippen LogP contribution in [0.25, 0.3) is 11.3 Å². The van der Waals surface area contributed by atoms with E-state index in [1.165, 1.54) is 24.1 Å². The lowest BCUT2D eigenvalue weighted by molar-refractivity contribution is -0.347. The Morgan fingerprint density at radius 2 is 2.10 bits per heavy atom. The smallest absolute Gasteiger partial charge is 0.335 e. The summed E-state index contributed by atoms with van der Waals surface area (Å²) >= 11 is 0. The average molecular weight is 425 g/mol. The summed E-state index contributed by atoms with van der Waals surface area (Å²) in [5.41, 5.74) is 0.603. The maximum absolute atomic E-state index is 13.6. The van der Waals surface area contributed by atoms with Gasteiger partial charge in [0.25, 0.3) is 0 Å². The van der Waals surface area contributed by atoms with Crippen LogP contribution in [0.4, 0.5) is 8.78 Å². The first-order valence-electron chi connectivity index (χ1n) is 9.30. The highest BCUT2D eigenvalue weighted by molar-refractivity contribution is 5.73. The van der Waals surface area contributed by atoms with Crippen molar-refractivity contribution in [1.82, 2.24) is 15.0 Å². The van der Waals surface area contributed by atoms with E-state index in [1.54, 1.807) is 13.8 Å². The van der Waals surface area contributed by atoms with Crippen molar-refractivity contribution in [1.29, 1.82) is 0 Å². The third-order valence-electron chi connectivity index (χ3n) is 5.22. The first kappa shape index (κ1) is 20.8. The van der Waals surface area contributed by atoms with Crippen LogP contribution in [0.1, 0.15) is 19.9 Å². The van der Waals surface area contributed by atoms with Crippen molar-refractivity contribution in [2.75, 3.05) is 13.7 Å². The number of fused-ring (bicyclic) bond motifs is 1. The van der Waals surface area contributed by atoms with Gasteiger partial charge in [-0.3, -0.25) is 0 Å². The Morgan fingerprint density at radius 1 is 1.33 bits per heavy atom. The molecule has 9 nitrogen and oxygen atoms in total. The molecule has 1 N–H and O–H groups in total. The summed E-state index contributed by atoms with van der Waals surface area (Å²) in [6.07, 6.45) is -2.04. The monoisotopic (exact) mass is 425 g/mol. The Hall–Kier alpha value is -2.47. The number of aliphatic carboxylic acids is 1. The number of aromatic nitrogens is 3. The molecule has 2 fully saturated rings. The second-order valence-corrected chi connectivity index (χ2v) is 7.63. The molecule has 0 amide bonds. The Kier molecular flexibility index (Phi) is 5.30. The molecular weight excluding hydrogens is 404 g/mol. The summed E-state index contributed by atoms with van der Waals surface area (Å²) in [5, 5.41) is 17.8. The van der Waals surface area contributed by atoms with Gasteiger partial charge >= 0.3 is 5.97 Å². The van der Waals surface area contributed by atoms with Crippen LogP contribution in [0, 0.1) is 11.6 Å². The number of hydrogen-bond acceptors (Lipinski definition) is 7. The van der Waals surface area contributed by atoms with Crippen LogP contribution < -0.4 is 0 Å². The highest BCUT2D eigenvalue weighted by atomic mass is 19.2. The summed E-state index contributed by atoms with van der Waals surface area (Å²) in [4.78, 5) is 11.8. The zero-order chi connectivity index (χ0) is 21.6. The molecule has 0 saturated carbocycles. The Bertz CT molecular complexity index is 952. The fourth-order valence-corrected chi connectivity index (χ4v) is 3.83. The quantitative estimate of drug-likeness (QED) is 0.791. The van der Waals surface area contributed by atoms with Crippen LogP contribution in [0.2, 0.25) is 0 Å². The summed E-state index contributed by atoms with van der Waals surface area (Å²) in [7, 11) is 1.37. The van der Waals surface area contributed by atoms with E-state index in [4.69, 9.17) is 18.9 Å². The van der Waals surface area contributed by atoms with Gasteiger partial charge in [-0.1, -0.05) is 5.21 Å². The number of carbonyl (C=O) groups is 1. The van der Waals surface area contributed by atoms with E-state index in [1.807, 2.05) is 0 Å². The first-order valence-corrected chi connectivity index (χ1v) is 9.30. The van der Waals surface area contributed by atoms with Crippen molar-refractivity contribution in [3.05, 3.63) is 36.0 Å². The molecule has 3 heterocycles. The first-order chi connectivity index (χ1) is 14.2. The number of hydrogen-bond donors (Lipinski definition) is 1. The van der Waals surface area contributed by atoms with Gasteiger partial charge in [-0.2, -0.15) is 0 Å². The summed E-state index contributed by atoms with van der Waals surface area (Å²) < 4.78 is 51.1. The van der Waals surface area contributed by atoms with Crippen molar-refractivity contribution in [2.24, 2.45) is 0 Å². The van der Waals surface area contributed by atoms with Gasteiger partial charge in [0.1, 0.15) is 30.0 Å². The van der Waals surface area contributed by atoms with Gasteiger partial charge in [-0.25, -0.2) is 18.3 Å². The molecule has 4 rings (SSSR count). The number of rotatable bonds is 4. The highest BCUT2D eigenvalue weighted by Crippen LogP contribution is 2.39. The van der Waals surface area contributed by atoms with Gasteiger partial charge in [0.2, 0.25) is 0 Å².